The van der Waals surface area contributed by atoms with Gasteiger partial charge in [0.15, 0.2) is 0 Å². The van der Waals surface area contributed by atoms with E-state index in [4.69, 9.17) is 11.6 Å². The van der Waals surface area contributed by atoms with Gasteiger partial charge in [-0.15, -0.1) is 0 Å². The van der Waals surface area contributed by atoms with Gasteiger partial charge in [-0.3, -0.25) is 14.5 Å². The standard InChI is InChI=1S/C19H20ClN3O3S/c1-12(2)17(19(24)21-11-13-6-5-7-14(20)10-13)22-18-15-8-3-4-9-16(15)27(25,26)23-18/h3-10,12,17H,11H2,1-2H3,(H,21,24)(H,22,23)/t17-/m0/s1. The van der Waals surface area contributed by atoms with E-state index in [-0.39, 0.29) is 22.6 Å². The van der Waals surface area contributed by atoms with Gasteiger partial charge >= 0.3 is 0 Å². The third-order valence-corrected chi connectivity index (χ3v) is 5.82. The molecule has 1 aliphatic rings. The fraction of sp³-hybridized carbons (Fsp3) is 0.263. The predicted octanol–water partition coefficient (Wildman–Crippen LogP) is 2.72. The molecule has 0 aliphatic carbocycles. The molecule has 0 bridgehead atoms. The zero-order chi connectivity index (χ0) is 19.6. The first kappa shape index (κ1) is 19.4. The molecule has 8 heteroatoms. The minimum atomic E-state index is -3.64. The number of hydrogen-bond acceptors (Lipinski definition) is 4. The summed E-state index contributed by atoms with van der Waals surface area (Å²) in [6.45, 7) is 4.04. The number of nitrogens with one attached hydrogen (secondary N) is 2. The minimum absolute atomic E-state index is 0.117. The molecule has 6 nitrogen and oxygen atoms in total. The summed E-state index contributed by atoms with van der Waals surface area (Å²) in [6.07, 6.45) is 0. The second-order valence-electron chi connectivity index (χ2n) is 6.62. The summed E-state index contributed by atoms with van der Waals surface area (Å²) in [5.41, 5.74) is 1.35. The van der Waals surface area contributed by atoms with Crippen LogP contribution >= 0.6 is 11.6 Å². The lowest BCUT2D eigenvalue weighted by Gasteiger charge is -2.17. The van der Waals surface area contributed by atoms with E-state index >= 15 is 0 Å². The number of halogens is 1. The highest BCUT2D eigenvalue weighted by atomic mass is 35.5. The maximum atomic E-state index is 12.7. The van der Waals surface area contributed by atoms with Gasteiger partial charge in [0.05, 0.1) is 4.90 Å². The van der Waals surface area contributed by atoms with E-state index in [0.29, 0.717) is 17.1 Å². The maximum absolute atomic E-state index is 12.7. The lowest BCUT2D eigenvalue weighted by molar-refractivity contribution is -0.123. The molecule has 3 rings (SSSR count). The van der Waals surface area contributed by atoms with Gasteiger partial charge in [0.25, 0.3) is 10.0 Å². The van der Waals surface area contributed by atoms with Gasteiger partial charge in [-0.1, -0.05) is 49.7 Å². The molecule has 0 radical (unpaired) electrons. The van der Waals surface area contributed by atoms with Crippen molar-refractivity contribution in [2.45, 2.75) is 31.3 Å². The maximum Gasteiger partial charge on any atom is 0.263 e. The van der Waals surface area contributed by atoms with E-state index in [1.165, 1.54) is 6.07 Å². The first-order chi connectivity index (χ1) is 12.8. The first-order valence-electron chi connectivity index (χ1n) is 8.50. The van der Waals surface area contributed by atoms with Gasteiger partial charge in [-0.2, -0.15) is 0 Å². The van der Waals surface area contributed by atoms with E-state index in [9.17, 15) is 13.2 Å². The Labute approximate surface area is 163 Å². The summed E-state index contributed by atoms with van der Waals surface area (Å²) >= 11 is 5.96. The number of rotatable bonds is 5. The zero-order valence-corrected chi connectivity index (χ0v) is 16.5. The Kier molecular flexibility index (Phi) is 5.53. The van der Waals surface area contributed by atoms with E-state index in [2.05, 4.69) is 15.0 Å². The van der Waals surface area contributed by atoms with Gasteiger partial charge in [-0.05, 0) is 35.7 Å². The number of sulfonamides is 1. The highest BCUT2D eigenvalue weighted by molar-refractivity contribution is 7.90. The smallest absolute Gasteiger partial charge is 0.263 e. The number of amidine groups is 1. The monoisotopic (exact) mass is 405 g/mol. The number of amides is 1. The van der Waals surface area contributed by atoms with Crippen molar-refractivity contribution in [1.29, 1.82) is 0 Å². The van der Waals surface area contributed by atoms with Crippen molar-refractivity contribution in [2.75, 3.05) is 0 Å². The average molecular weight is 406 g/mol. The number of benzene rings is 2. The van der Waals surface area contributed by atoms with Crippen LogP contribution in [0.1, 0.15) is 25.0 Å². The highest BCUT2D eigenvalue weighted by Gasteiger charge is 2.32. The summed E-state index contributed by atoms with van der Waals surface area (Å²) in [5, 5.41) is 3.44. The molecule has 1 amide bonds. The number of nitrogens with zero attached hydrogens (tertiary/aromatic N) is 1. The molecule has 2 aromatic rings. The average Bonchev–Trinajstić information content (AvgIpc) is 2.88. The van der Waals surface area contributed by atoms with Gasteiger partial charge in [0.1, 0.15) is 11.9 Å². The molecule has 1 aliphatic heterocycles. The molecule has 0 fully saturated rings. The van der Waals surface area contributed by atoms with Crippen molar-refractivity contribution in [3.8, 4) is 0 Å². The van der Waals surface area contributed by atoms with Crippen LogP contribution in [0.2, 0.25) is 5.02 Å². The minimum Gasteiger partial charge on any atom is -0.350 e. The Hall–Kier alpha value is -2.38. The largest absolute Gasteiger partial charge is 0.350 e. The van der Waals surface area contributed by atoms with Crippen LogP contribution in [0.5, 0.6) is 0 Å². The van der Waals surface area contributed by atoms with Crippen molar-refractivity contribution < 1.29 is 13.2 Å². The topological polar surface area (TPSA) is 87.6 Å². The van der Waals surface area contributed by atoms with Gasteiger partial charge in [-0.25, -0.2) is 8.42 Å². The van der Waals surface area contributed by atoms with E-state index in [1.807, 2.05) is 26.0 Å². The molecule has 2 aromatic carbocycles. The van der Waals surface area contributed by atoms with Gasteiger partial charge in [0.2, 0.25) is 5.91 Å². The Balaban J connectivity index is 1.82. The zero-order valence-electron chi connectivity index (χ0n) is 14.9. The predicted molar refractivity (Wildman–Crippen MR) is 105 cm³/mol. The first-order valence-corrected chi connectivity index (χ1v) is 10.4. The van der Waals surface area contributed by atoms with Crippen LogP contribution in [0.4, 0.5) is 0 Å². The Bertz CT molecular complexity index is 1000. The molecular weight excluding hydrogens is 386 g/mol. The van der Waals surface area contributed by atoms with Crippen molar-refractivity contribution >= 4 is 33.4 Å². The van der Waals surface area contributed by atoms with Crippen LogP contribution in [0, 0.1) is 5.92 Å². The third kappa shape index (κ3) is 4.31. The molecule has 0 aromatic heterocycles. The van der Waals surface area contributed by atoms with Crippen LogP contribution in [0.15, 0.2) is 58.4 Å². The second kappa shape index (κ2) is 7.70. The SMILES string of the molecule is CC(C)[C@H](N=C1NS(=O)(=O)c2ccccc21)C(=O)NCc1cccc(Cl)c1. The molecule has 27 heavy (non-hydrogen) atoms. The van der Waals surface area contributed by atoms with Crippen LogP contribution in [-0.4, -0.2) is 26.2 Å². The van der Waals surface area contributed by atoms with Crippen molar-refractivity contribution in [3.05, 3.63) is 64.7 Å². The Morgan fingerprint density at radius 3 is 2.63 bits per heavy atom. The Morgan fingerprint density at radius 2 is 1.93 bits per heavy atom. The highest BCUT2D eigenvalue weighted by Crippen LogP contribution is 2.23. The number of carbonyl (C=O) groups excluding carboxylic acids is 1. The van der Waals surface area contributed by atoms with Crippen molar-refractivity contribution in [2.24, 2.45) is 10.9 Å². The van der Waals surface area contributed by atoms with Crippen molar-refractivity contribution in [3.63, 3.8) is 0 Å². The molecule has 2 N–H and O–H groups in total. The molecule has 0 saturated heterocycles. The molecule has 142 valence electrons. The molecule has 1 atom stereocenters. The third-order valence-electron chi connectivity index (χ3n) is 4.19. The molecule has 0 saturated carbocycles. The van der Waals surface area contributed by atoms with Crippen molar-refractivity contribution in [1.82, 2.24) is 10.0 Å². The van der Waals surface area contributed by atoms with Gasteiger partial charge in [0, 0.05) is 17.1 Å². The fourth-order valence-electron chi connectivity index (χ4n) is 2.82. The van der Waals surface area contributed by atoms with E-state index in [1.54, 1.807) is 30.3 Å². The number of carbonyl (C=O) groups is 1. The number of hydrogen-bond donors (Lipinski definition) is 2. The van der Waals surface area contributed by atoms with Crippen LogP contribution in [0.3, 0.4) is 0 Å². The summed E-state index contributed by atoms with van der Waals surface area (Å²) in [5.74, 6) is -0.197. The summed E-state index contributed by atoms with van der Waals surface area (Å²) in [6, 6.07) is 13.1. The van der Waals surface area contributed by atoms with Crippen LogP contribution < -0.4 is 10.0 Å². The molecule has 0 spiro atoms. The number of fused-ring (bicyclic) bond motifs is 1. The molecule has 0 unspecified atom stereocenters. The number of aliphatic imine (C=N–C) groups is 1. The quantitative estimate of drug-likeness (QED) is 0.801. The normalized spacial score (nSPS) is 17.4. The second-order valence-corrected chi connectivity index (χ2v) is 8.70. The summed E-state index contributed by atoms with van der Waals surface area (Å²) in [7, 11) is -3.64. The summed E-state index contributed by atoms with van der Waals surface area (Å²) < 4.78 is 26.9. The van der Waals surface area contributed by atoms with E-state index in [0.717, 1.165) is 5.56 Å². The van der Waals surface area contributed by atoms with Gasteiger partial charge < -0.3 is 5.32 Å². The molecular formula is C19H20ClN3O3S. The van der Waals surface area contributed by atoms with Crippen LogP contribution in [0.25, 0.3) is 0 Å². The fourth-order valence-corrected chi connectivity index (χ4v) is 4.27. The summed E-state index contributed by atoms with van der Waals surface area (Å²) in [4.78, 5) is 17.3. The molecule has 1 heterocycles. The van der Waals surface area contributed by atoms with E-state index < -0.39 is 16.1 Å². The van der Waals surface area contributed by atoms with Crippen LogP contribution in [-0.2, 0) is 21.4 Å². The lowest BCUT2D eigenvalue weighted by atomic mass is 10.0. The Morgan fingerprint density at radius 1 is 1.19 bits per heavy atom. The lowest BCUT2D eigenvalue weighted by Crippen LogP contribution is -2.38.